The van der Waals surface area contributed by atoms with Gasteiger partial charge in [-0.05, 0) is 48.9 Å². The maximum absolute atomic E-state index is 12.9. The van der Waals surface area contributed by atoms with E-state index in [0.717, 1.165) is 0 Å². The van der Waals surface area contributed by atoms with Gasteiger partial charge in [0.2, 0.25) is 0 Å². The Morgan fingerprint density at radius 3 is 2.59 bits per heavy atom. The Morgan fingerprint density at radius 2 is 1.85 bits per heavy atom. The fraction of sp³-hybridized carbons (Fsp3) is 0.0952. The summed E-state index contributed by atoms with van der Waals surface area (Å²) in [6, 6.07) is 15.7. The van der Waals surface area contributed by atoms with Crippen molar-refractivity contribution in [2.75, 3.05) is 12.1 Å². The molecule has 2 heterocycles. The molecule has 134 valence electrons. The summed E-state index contributed by atoms with van der Waals surface area (Å²) in [6.45, 7) is 1.76. The quantitative estimate of drug-likeness (QED) is 0.528. The number of methoxy groups -OCH3 is 1. The Morgan fingerprint density at radius 1 is 1.07 bits per heavy atom. The van der Waals surface area contributed by atoms with Crippen molar-refractivity contribution in [1.82, 2.24) is 0 Å². The minimum Gasteiger partial charge on any atom is -0.497 e. The molecular formula is C21H16N2O4. The van der Waals surface area contributed by atoms with Gasteiger partial charge in [0.05, 0.1) is 24.1 Å². The van der Waals surface area contributed by atoms with Crippen molar-refractivity contribution in [3.05, 3.63) is 76.2 Å². The highest BCUT2D eigenvalue weighted by Crippen LogP contribution is 2.28. The van der Waals surface area contributed by atoms with Crippen LogP contribution >= 0.6 is 0 Å². The maximum atomic E-state index is 12.9. The van der Waals surface area contributed by atoms with Gasteiger partial charge in [0.15, 0.2) is 0 Å². The van der Waals surface area contributed by atoms with Crippen molar-refractivity contribution in [2.24, 2.45) is 5.10 Å². The summed E-state index contributed by atoms with van der Waals surface area (Å²) in [6.07, 6.45) is 1.67. The molecular weight excluding hydrogens is 344 g/mol. The summed E-state index contributed by atoms with van der Waals surface area (Å²) in [4.78, 5) is 24.8. The van der Waals surface area contributed by atoms with Crippen LogP contribution in [0.4, 0.5) is 5.69 Å². The largest absolute Gasteiger partial charge is 0.497 e. The minimum atomic E-state index is -0.487. The van der Waals surface area contributed by atoms with Crippen molar-refractivity contribution in [3.8, 4) is 5.75 Å². The number of benzene rings is 2. The second-order valence-corrected chi connectivity index (χ2v) is 6.08. The van der Waals surface area contributed by atoms with Crippen molar-refractivity contribution < 1.29 is 13.9 Å². The molecule has 0 aliphatic carbocycles. The Hall–Kier alpha value is -3.67. The molecule has 0 N–H and O–H groups in total. The molecule has 0 fully saturated rings. The molecule has 6 heteroatoms. The van der Waals surface area contributed by atoms with Crippen LogP contribution in [0, 0.1) is 0 Å². The van der Waals surface area contributed by atoms with Crippen LogP contribution in [0.25, 0.3) is 17.0 Å². The number of para-hydroxylation sites is 1. The van der Waals surface area contributed by atoms with Crippen molar-refractivity contribution in [3.63, 3.8) is 0 Å². The molecule has 4 rings (SSSR count). The fourth-order valence-electron chi connectivity index (χ4n) is 3.00. The SMILES string of the molecule is COc1ccc2oc(=O)cc(/C=C3/C(=O)N(c4ccccc4)N=C3C)c2c1. The molecule has 0 saturated heterocycles. The minimum absolute atomic E-state index is 0.247. The lowest BCUT2D eigenvalue weighted by Gasteiger charge is -2.11. The first-order chi connectivity index (χ1) is 13.1. The Labute approximate surface area is 155 Å². The van der Waals surface area contributed by atoms with E-state index in [2.05, 4.69) is 5.10 Å². The molecule has 1 aromatic heterocycles. The highest BCUT2D eigenvalue weighted by molar-refractivity contribution is 6.32. The monoisotopic (exact) mass is 360 g/mol. The van der Waals surface area contributed by atoms with Gasteiger partial charge >= 0.3 is 5.63 Å². The lowest BCUT2D eigenvalue weighted by Crippen LogP contribution is -2.21. The summed E-state index contributed by atoms with van der Waals surface area (Å²) >= 11 is 0. The summed E-state index contributed by atoms with van der Waals surface area (Å²) in [5, 5.41) is 6.40. The molecule has 0 saturated carbocycles. The van der Waals surface area contributed by atoms with Crippen LogP contribution < -0.4 is 15.4 Å². The van der Waals surface area contributed by atoms with E-state index >= 15 is 0 Å². The third kappa shape index (κ3) is 3.01. The summed E-state index contributed by atoms with van der Waals surface area (Å²) in [5.41, 5.74) is 2.20. The Kier molecular flexibility index (Phi) is 4.08. The molecule has 1 aliphatic heterocycles. The van der Waals surface area contributed by atoms with Crippen LogP contribution in [0.2, 0.25) is 0 Å². The van der Waals surface area contributed by atoms with E-state index < -0.39 is 5.63 Å². The normalized spacial score (nSPS) is 15.5. The van der Waals surface area contributed by atoms with Crippen LogP contribution in [0.3, 0.4) is 0 Å². The van der Waals surface area contributed by atoms with E-state index in [1.807, 2.05) is 30.3 Å². The molecule has 0 spiro atoms. The topological polar surface area (TPSA) is 72.1 Å². The zero-order valence-corrected chi connectivity index (χ0v) is 14.8. The lowest BCUT2D eigenvalue weighted by molar-refractivity contribution is -0.114. The Bertz CT molecular complexity index is 1160. The number of fused-ring (bicyclic) bond motifs is 1. The second-order valence-electron chi connectivity index (χ2n) is 6.08. The first-order valence-electron chi connectivity index (χ1n) is 8.35. The molecule has 27 heavy (non-hydrogen) atoms. The number of carbonyl (C=O) groups excluding carboxylic acids is 1. The molecule has 2 aromatic carbocycles. The van der Waals surface area contributed by atoms with E-state index in [4.69, 9.17) is 9.15 Å². The number of rotatable bonds is 3. The molecule has 6 nitrogen and oxygen atoms in total. The van der Waals surface area contributed by atoms with Gasteiger partial charge in [0, 0.05) is 11.5 Å². The molecule has 3 aromatic rings. The maximum Gasteiger partial charge on any atom is 0.336 e. The van der Waals surface area contributed by atoms with Crippen LogP contribution in [0.5, 0.6) is 5.75 Å². The number of hydrogen-bond acceptors (Lipinski definition) is 5. The van der Waals surface area contributed by atoms with Crippen molar-refractivity contribution in [2.45, 2.75) is 6.92 Å². The predicted octanol–water partition coefficient (Wildman–Crippen LogP) is 3.61. The van der Waals surface area contributed by atoms with Gasteiger partial charge in [-0.25, -0.2) is 4.79 Å². The van der Waals surface area contributed by atoms with Crippen LogP contribution in [0.15, 0.2) is 74.5 Å². The molecule has 0 atom stereocenters. The van der Waals surface area contributed by atoms with E-state index in [1.54, 1.807) is 38.3 Å². The number of nitrogens with zero attached hydrogens (tertiary/aromatic N) is 2. The molecule has 1 aliphatic rings. The van der Waals surface area contributed by atoms with E-state index in [9.17, 15) is 9.59 Å². The van der Waals surface area contributed by atoms with Crippen molar-refractivity contribution >= 4 is 34.4 Å². The van der Waals surface area contributed by atoms with E-state index in [1.165, 1.54) is 11.1 Å². The van der Waals surface area contributed by atoms with E-state index in [0.29, 0.717) is 39.3 Å². The van der Waals surface area contributed by atoms with Gasteiger partial charge in [-0.2, -0.15) is 10.1 Å². The first-order valence-corrected chi connectivity index (χ1v) is 8.35. The third-order valence-electron chi connectivity index (χ3n) is 4.34. The summed E-state index contributed by atoms with van der Waals surface area (Å²) in [7, 11) is 1.56. The van der Waals surface area contributed by atoms with Crippen LogP contribution in [-0.2, 0) is 4.79 Å². The zero-order valence-electron chi connectivity index (χ0n) is 14.8. The summed E-state index contributed by atoms with van der Waals surface area (Å²) < 4.78 is 10.5. The number of ether oxygens (including phenoxy) is 1. The van der Waals surface area contributed by atoms with Gasteiger partial charge in [0.25, 0.3) is 5.91 Å². The number of amides is 1. The standard InChI is InChI=1S/C21H16N2O4/c1-13-17(21(25)23(22-13)15-6-4-3-5-7-15)10-14-11-20(24)27-19-9-8-16(26-2)12-18(14)19/h3-12H,1-2H3/b17-10+. The average molecular weight is 360 g/mol. The number of hydrazone groups is 1. The van der Waals surface area contributed by atoms with Gasteiger partial charge in [0.1, 0.15) is 11.3 Å². The van der Waals surface area contributed by atoms with Gasteiger partial charge in [-0.3, -0.25) is 4.79 Å². The molecule has 0 radical (unpaired) electrons. The highest BCUT2D eigenvalue weighted by Gasteiger charge is 2.28. The average Bonchev–Trinajstić information content (AvgIpc) is 2.96. The molecule has 0 bridgehead atoms. The smallest absolute Gasteiger partial charge is 0.336 e. The van der Waals surface area contributed by atoms with Crippen LogP contribution in [-0.4, -0.2) is 18.7 Å². The number of hydrogen-bond donors (Lipinski definition) is 0. The second kappa shape index (κ2) is 6.57. The van der Waals surface area contributed by atoms with Gasteiger partial charge in [-0.15, -0.1) is 0 Å². The fourth-order valence-corrected chi connectivity index (χ4v) is 3.00. The van der Waals surface area contributed by atoms with Crippen LogP contribution in [0.1, 0.15) is 12.5 Å². The van der Waals surface area contributed by atoms with Crippen molar-refractivity contribution in [1.29, 1.82) is 0 Å². The van der Waals surface area contributed by atoms with E-state index in [-0.39, 0.29) is 5.91 Å². The summed E-state index contributed by atoms with van der Waals surface area (Å²) in [5.74, 6) is 0.382. The van der Waals surface area contributed by atoms with Gasteiger partial charge in [-0.1, -0.05) is 18.2 Å². The number of carbonyl (C=O) groups is 1. The molecule has 1 amide bonds. The zero-order chi connectivity index (χ0) is 19.0. The predicted molar refractivity (Wildman–Crippen MR) is 104 cm³/mol. The lowest BCUT2D eigenvalue weighted by atomic mass is 10.0. The third-order valence-corrected chi connectivity index (χ3v) is 4.34. The molecule has 0 unspecified atom stereocenters. The first kappa shape index (κ1) is 16.8. The Balaban J connectivity index is 1.83. The number of anilines is 1. The van der Waals surface area contributed by atoms with Gasteiger partial charge < -0.3 is 9.15 Å². The highest BCUT2D eigenvalue weighted by atomic mass is 16.5.